The van der Waals surface area contributed by atoms with Gasteiger partial charge in [0.05, 0.1) is 19.8 Å². The SMILES string of the molecule is CCNC(=NCCN1CCOCC1)NC1CCN(C(=O)C2CCCCC2)C1.I. The third kappa shape index (κ3) is 7.33. The van der Waals surface area contributed by atoms with Gasteiger partial charge in [0.15, 0.2) is 5.96 Å². The van der Waals surface area contributed by atoms with E-state index >= 15 is 0 Å². The Balaban J connectivity index is 0.00000280. The van der Waals surface area contributed by atoms with Crippen molar-refractivity contribution in [1.82, 2.24) is 20.4 Å². The lowest BCUT2D eigenvalue weighted by Crippen LogP contribution is -2.46. The smallest absolute Gasteiger partial charge is 0.225 e. The Kier molecular flexibility index (Phi) is 10.9. The molecule has 0 radical (unpaired) electrons. The fourth-order valence-corrected chi connectivity index (χ4v) is 4.33. The van der Waals surface area contributed by atoms with Crippen molar-refractivity contribution in [2.45, 2.75) is 51.5 Å². The molecule has 2 N–H and O–H groups in total. The molecule has 1 saturated carbocycles. The number of likely N-dealkylation sites (tertiary alicyclic amines) is 1. The van der Waals surface area contributed by atoms with Gasteiger partial charge in [-0.2, -0.15) is 0 Å². The zero-order valence-corrected chi connectivity index (χ0v) is 19.7. The Morgan fingerprint density at radius 2 is 1.86 bits per heavy atom. The number of guanidine groups is 1. The number of carbonyl (C=O) groups is 1. The van der Waals surface area contributed by atoms with Crippen LogP contribution in [0.1, 0.15) is 45.4 Å². The molecule has 1 unspecified atom stereocenters. The summed E-state index contributed by atoms with van der Waals surface area (Å²) in [4.78, 5) is 22.0. The molecular formula is C20H38IN5O2. The number of aliphatic imine (C=N–C) groups is 1. The summed E-state index contributed by atoms with van der Waals surface area (Å²) < 4.78 is 5.39. The number of halogens is 1. The van der Waals surface area contributed by atoms with Crippen molar-refractivity contribution < 1.29 is 9.53 Å². The first-order valence-electron chi connectivity index (χ1n) is 10.9. The average Bonchev–Trinajstić information content (AvgIpc) is 3.17. The van der Waals surface area contributed by atoms with Gasteiger partial charge in [-0.25, -0.2) is 0 Å². The van der Waals surface area contributed by atoms with Crippen LogP contribution in [0.2, 0.25) is 0 Å². The molecule has 8 heteroatoms. The quantitative estimate of drug-likeness (QED) is 0.325. The minimum atomic E-state index is 0. The number of hydrogen-bond donors (Lipinski definition) is 2. The number of amides is 1. The summed E-state index contributed by atoms with van der Waals surface area (Å²) >= 11 is 0. The highest BCUT2D eigenvalue weighted by Gasteiger charge is 2.31. The van der Waals surface area contributed by atoms with Crippen LogP contribution in [-0.4, -0.2) is 86.7 Å². The van der Waals surface area contributed by atoms with Crippen LogP contribution < -0.4 is 10.6 Å². The molecule has 0 aromatic carbocycles. The van der Waals surface area contributed by atoms with E-state index in [2.05, 4.69) is 27.4 Å². The molecule has 162 valence electrons. The first-order chi connectivity index (χ1) is 13.3. The van der Waals surface area contributed by atoms with Crippen molar-refractivity contribution in [2.75, 3.05) is 59.0 Å². The van der Waals surface area contributed by atoms with E-state index in [0.29, 0.717) is 11.9 Å². The molecule has 1 amide bonds. The third-order valence-electron chi connectivity index (χ3n) is 5.93. The highest BCUT2D eigenvalue weighted by molar-refractivity contribution is 14.0. The summed E-state index contributed by atoms with van der Waals surface area (Å²) in [6.45, 7) is 10.0. The molecule has 2 saturated heterocycles. The van der Waals surface area contributed by atoms with Gasteiger partial charge in [-0.3, -0.25) is 14.7 Å². The lowest BCUT2D eigenvalue weighted by molar-refractivity contribution is -0.135. The normalized spacial score (nSPS) is 24.7. The number of rotatable bonds is 6. The molecular weight excluding hydrogens is 469 g/mol. The highest BCUT2D eigenvalue weighted by Crippen LogP contribution is 2.26. The van der Waals surface area contributed by atoms with E-state index in [4.69, 9.17) is 9.73 Å². The Bertz CT molecular complexity index is 493. The molecule has 3 rings (SSSR count). The maximum Gasteiger partial charge on any atom is 0.225 e. The molecule has 0 aromatic heterocycles. The van der Waals surface area contributed by atoms with Crippen molar-refractivity contribution in [3.8, 4) is 0 Å². The standard InChI is InChI=1S/C20H37N5O2.HI/c1-2-21-20(22-9-11-24-12-14-27-15-13-24)23-18-8-10-25(16-18)19(26)17-6-4-3-5-7-17;/h17-18H,2-16H2,1H3,(H2,21,22,23);1H. The number of nitrogens with zero attached hydrogens (tertiary/aromatic N) is 3. The molecule has 1 atom stereocenters. The molecule has 28 heavy (non-hydrogen) atoms. The van der Waals surface area contributed by atoms with Crippen LogP contribution in [0, 0.1) is 5.92 Å². The third-order valence-corrected chi connectivity index (χ3v) is 5.93. The largest absolute Gasteiger partial charge is 0.379 e. The van der Waals surface area contributed by atoms with Gasteiger partial charge < -0.3 is 20.3 Å². The van der Waals surface area contributed by atoms with Gasteiger partial charge in [-0.05, 0) is 26.2 Å². The van der Waals surface area contributed by atoms with Crippen molar-refractivity contribution in [3.05, 3.63) is 0 Å². The van der Waals surface area contributed by atoms with Gasteiger partial charge in [0.2, 0.25) is 5.91 Å². The molecule has 2 aliphatic heterocycles. The van der Waals surface area contributed by atoms with E-state index in [1.165, 1.54) is 19.3 Å². The molecule has 2 heterocycles. The van der Waals surface area contributed by atoms with Gasteiger partial charge in [0, 0.05) is 51.2 Å². The minimum absolute atomic E-state index is 0. The number of nitrogens with one attached hydrogen (secondary N) is 2. The van der Waals surface area contributed by atoms with E-state index in [-0.39, 0.29) is 29.9 Å². The van der Waals surface area contributed by atoms with Crippen LogP contribution in [0.25, 0.3) is 0 Å². The number of hydrogen-bond acceptors (Lipinski definition) is 4. The van der Waals surface area contributed by atoms with Gasteiger partial charge in [0.25, 0.3) is 0 Å². The molecule has 0 aromatic rings. The summed E-state index contributed by atoms with van der Waals surface area (Å²) in [6, 6.07) is 0.304. The average molecular weight is 507 g/mol. The van der Waals surface area contributed by atoms with E-state index < -0.39 is 0 Å². The highest BCUT2D eigenvalue weighted by atomic mass is 127. The summed E-state index contributed by atoms with van der Waals surface area (Å²) in [5.74, 6) is 1.53. The Hall–Kier alpha value is -0.610. The van der Waals surface area contributed by atoms with Crippen LogP contribution in [-0.2, 0) is 9.53 Å². The van der Waals surface area contributed by atoms with E-state index in [0.717, 1.165) is 84.2 Å². The zero-order valence-electron chi connectivity index (χ0n) is 17.3. The van der Waals surface area contributed by atoms with Gasteiger partial charge in [0.1, 0.15) is 0 Å². The van der Waals surface area contributed by atoms with Gasteiger partial charge in [-0.1, -0.05) is 19.3 Å². The van der Waals surface area contributed by atoms with Crippen LogP contribution in [0.5, 0.6) is 0 Å². The Morgan fingerprint density at radius 3 is 2.57 bits per heavy atom. The van der Waals surface area contributed by atoms with Crippen molar-refractivity contribution >= 4 is 35.8 Å². The first-order valence-corrected chi connectivity index (χ1v) is 10.9. The van der Waals surface area contributed by atoms with Crippen molar-refractivity contribution in [3.63, 3.8) is 0 Å². The molecule has 7 nitrogen and oxygen atoms in total. The fourth-order valence-electron chi connectivity index (χ4n) is 4.33. The summed E-state index contributed by atoms with van der Waals surface area (Å²) in [5, 5.41) is 6.89. The maximum atomic E-state index is 12.7. The van der Waals surface area contributed by atoms with Crippen LogP contribution in [0.15, 0.2) is 4.99 Å². The van der Waals surface area contributed by atoms with E-state index in [9.17, 15) is 4.79 Å². The molecule has 3 aliphatic rings. The second-order valence-electron chi connectivity index (χ2n) is 7.96. The summed E-state index contributed by atoms with van der Waals surface area (Å²) in [7, 11) is 0. The predicted octanol–water partition coefficient (Wildman–Crippen LogP) is 1.67. The van der Waals surface area contributed by atoms with Gasteiger partial charge in [-0.15, -0.1) is 24.0 Å². The Morgan fingerprint density at radius 1 is 1.11 bits per heavy atom. The lowest BCUT2D eigenvalue weighted by atomic mass is 9.88. The number of morpholine rings is 1. The molecule has 0 spiro atoms. The van der Waals surface area contributed by atoms with Gasteiger partial charge >= 0.3 is 0 Å². The first kappa shape index (κ1) is 23.7. The van der Waals surface area contributed by atoms with Crippen LogP contribution in [0.3, 0.4) is 0 Å². The number of carbonyl (C=O) groups excluding carboxylic acids is 1. The second-order valence-corrected chi connectivity index (χ2v) is 7.96. The molecule has 3 fully saturated rings. The minimum Gasteiger partial charge on any atom is -0.379 e. The van der Waals surface area contributed by atoms with Crippen LogP contribution in [0.4, 0.5) is 0 Å². The summed E-state index contributed by atoms with van der Waals surface area (Å²) in [5.41, 5.74) is 0. The maximum absolute atomic E-state index is 12.7. The van der Waals surface area contributed by atoms with Crippen LogP contribution >= 0.6 is 24.0 Å². The van der Waals surface area contributed by atoms with Crippen molar-refractivity contribution in [2.24, 2.45) is 10.9 Å². The predicted molar refractivity (Wildman–Crippen MR) is 123 cm³/mol. The number of ether oxygens (including phenoxy) is 1. The topological polar surface area (TPSA) is 69.2 Å². The fraction of sp³-hybridized carbons (Fsp3) is 0.900. The zero-order chi connectivity index (χ0) is 18.9. The second kappa shape index (κ2) is 12.8. The molecule has 0 bridgehead atoms. The van der Waals surface area contributed by atoms with E-state index in [1.807, 2.05) is 0 Å². The monoisotopic (exact) mass is 507 g/mol. The molecule has 1 aliphatic carbocycles. The Labute approximate surface area is 187 Å². The summed E-state index contributed by atoms with van der Waals surface area (Å²) in [6.07, 6.45) is 6.89. The lowest BCUT2D eigenvalue weighted by Gasteiger charge is -2.26. The van der Waals surface area contributed by atoms with Crippen molar-refractivity contribution in [1.29, 1.82) is 0 Å². The van der Waals surface area contributed by atoms with E-state index in [1.54, 1.807) is 0 Å².